The van der Waals surface area contributed by atoms with Crippen LogP contribution in [-0.4, -0.2) is 5.91 Å². The van der Waals surface area contributed by atoms with Gasteiger partial charge in [0.05, 0.1) is 4.88 Å². The number of carbonyl (C=O) groups is 1. The lowest BCUT2D eigenvalue weighted by Gasteiger charge is -2.08. The van der Waals surface area contributed by atoms with E-state index in [9.17, 15) is 9.36 Å². The molecule has 0 radical (unpaired) electrons. The summed E-state index contributed by atoms with van der Waals surface area (Å²) in [6.07, 6.45) is 0.742. The lowest BCUT2D eigenvalue weighted by atomic mass is 10.2. The molecule has 14 heavy (non-hydrogen) atoms. The van der Waals surface area contributed by atoms with Crippen LogP contribution < -0.4 is 16.1 Å². The maximum absolute atomic E-state index is 11.5. The Morgan fingerprint density at radius 3 is 2.79 bits per heavy atom. The molecule has 0 atom stereocenters. The van der Waals surface area contributed by atoms with Crippen LogP contribution in [0.5, 0.6) is 0 Å². The van der Waals surface area contributed by atoms with Gasteiger partial charge in [-0.15, -0.1) is 11.3 Å². The monoisotopic (exact) mass is 233 g/mol. The third kappa shape index (κ3) is 2.92. The molecule has 0 saturated heterocycles. The molecule has 0 spiro atoms. The molecule has 7 heteroatoms. The van der Waals surface area contributed by atoms with Crippen molar-refractivity contribution in [1.29, 1.82) is 0 Å². The molecule has 5 N–H and O–H groups in total. The van der Waals surface area contributed by atoms with Gasteiger partial charge in [0.2, 0.25) is 0 Å². The van der Waals surface area contributed by atoms with E-state index in [0.717, 1.165) is 12.0 Å². The summed E-state index contributed by atoms with van der Waals surface area (Å²) in [6.45, 7) is 1.93. The van der Waals surface area contributed by atoms with Crippen molar-refractivity contribution >= 4 is 24.8 Å². The fourth-order valence-electron chi connectivity index (χ4n) is 1.02. The van der Waals surface area contributed by atoms with Crippen LogP contribution in [0.4, 0.5) is 0 Å². The molecule has 0 aliphatic carbocycles. The summed E-state index contributed by atoms with van der Waals surface area (Å²) >= 11 is 1.28. The highest BCUT2D eigenvalue weighted by Gasteiger charge is 2.17. The van der Waals surface area contributed by atoms with E-state index in [2.05, 4.69) is 5.09 Å². The van der Waals surface area contributed by atoms with Crippen molar-refractivity contribution in [2.24, 2.45) is 11.0 Å². The SMILES string of the molecule is CCc1ccsc1C(=O)NP(N)(N)=O. The maximum Gasteiger partial charge on any atom is 0.300 e. The topological polar surface area (TPSA) is 98.2 Å². The predicted molar refractivity (Wildman–Crippen MR) is 57.1 cm³/mol. The third-order valence-electron chi connectivity index (χ3n) is 1.61. The Morgan fingerprint density at radius 2 is 2.29 bits per heavy atom. The van der Waals surface area contributed by atoms with Crippen LogP contribution in [0.25, 0.3) is 0 Å². The minimum atomic E-state index is -3.49. The minimum Gasteiger partial charge on any atom is -0.279 e. The molecular weight excluding hydrogens is 221 g/mol. The van der Waals surface area contributed by atoms with Crippen molar-refractivity contribution in [2.45, 2.75) is 13.3 Å². The van der Waals surface area contributed by atoms with Gasteiger partial charge >= 0.3 is 7.59 Å². The normalized spacial score (nSPS) is 11.4. The molecule has 0 unspecified atom stereocenters. The van der Waals surface area contributed by atoms with Crippen molar-refractivity contribution in [3.8, 4) is 0 Å². The molecule has 1 heterocycles. The average Bonchev–Trinajstić information content (AvgIpc) is 2.47. The molecular formula is C7H12N3O2PS. The number of nitrogens with two attached hydrogens (primary N) is 2. The third-order valence-corrected chi connectivity index (χ3v) is 3.12. The zero-order valence-corrected chi connectivity index (χ0v) is 9.40. The van der Waals surface area contributed by atoms with E-state index in [-0.39, 0.29) is 0 Å². The Hall–Kier alpha value is -0.680. The van der Waals surface area contributed by atoms with Crippen molar-refractivity contribution in [3.05, 3.63) is 21.9 Å². The van der Waals surface area contributed by atoms with Crippen LogP contribution in [-0.2, 0) is 11.0 Å². The number of carbonyl (C=O) groups excluding carboxylic acids is 1. The molecule has 1 rings (SSSR count). The maximum atomic E-state index is 11.5. The van der Waals surface area contributed by atoms with Crippen molar-refractivity contribution in [1.82, 2.24) is 5.09 Å². The molecule has 0 aliphatic heterocycles. The molecule has 1 aromatic heterocycles. The number of amides is 1. The summed E-state index contributed by atoms with van der Waals surface area (Å²) in [5.41, 5.74) is 11.0. The molecule has 0 fully saturated rings. The van der Waals surface area contributed by atoms with E-state index in [4.69, 9.17) is 11.0 Å². The standard InChI is InChI=1S/C7H12N3O2PS/c1-2-5-3-4-14-6(5)7(11)10-13(8,9)12/h3-4H,2H2,1H3,(H5,8,9,10,11,12). The van der Waals surface area contributed by atoms with E-state index < -0.39 is 13.5 Å². The van der Waals surface area contributed by atoms with Gasteiger partial charge in [-0.2, -0.15) is 0 Å². The molecule has 0 bridgehead atoms. The zero-order valence-electron chi connectivity index (χ0n) is 7.69. The minimum absolute atomic E-state index is 0.467. The fraction of sp³-hybridized carbons (Fsp3) is 0.286. The van der Waals surface area contributed by atoms with Crippen LogP contribution >= 0.6 is 18.9 Å². The molecule has 1 aromatic rings. The van der Waals surface area contributed by atoms with Gasteiger partial charge in [-0.1, -0.05) is 6.92 Å². The van der Waals surface area contributed by atoms with E-state index in [1.165, 1.54) is 11.3 Å². The van der Waals surface area contributed by atoms with Gasteiger partial charge in [-0.05, 0) is 23.4 Å². The zero-order chi connectivity index (χ0) is 10.8. The summed E-state index contributed by atoms with van der Waals surface area (Å²) in [7, 11) is -3.49. The second-order valence-electron chi connectivity index (χ2n) is 2.78. The summed E-state index contributed by atoms with van der Waals surface area (Å²) in [5.74, 6) is -0.467. The van der Waals surface area contributed by atoms with Gasteiger partial charge in [-0.25, -0.2) is 0 Å². The van der Waals surface area contributed by atoms with Gasteiger partial charge in [0, 0.05) is 0 Å². The first kappa shape index (κ1) is 11.4. The number of hydrogen-bond acceptors (Lipinski definition) is 3. The van der Waals surface area contributed by atoms with Crippen molar-refractivity contribution in [2.75, 3.05) is 0 Å². The number of nitrogens with one attached hydrogen (secondary N) is 1. The van der Waals surface area contributed by atoms with Crippen LogP contribution in [0.2, 0.25) is 0 Å². The highest BCUT2D eigenvalue weighted by molar-refractivity contribution is 7.57. The molecule has 0 saturated carbocycles. The average molecular weight is 233 g/mol. The number of hydrogen-bond donors (Lipinski definition) is 3. The van der Waals surface area contributed by atoms with Crippen LogP contribution in [0.3, 0.4) is 0 Å². The molecule has 0 aliphatic rings. The Morgan fingerprint density at radius 1 is 1.64 bits per heavy atom. The number of rotatable bonds is 3. The van der Waals surface area contributed by atoms with Gasteiger partial charge in [-0.3, -0.25) is 25.5 Å². The van der Waals surface area contributed by atoms with Crippen LogP contribution in [0, 0.1) is 0 Å². The Labute approximate surface area is 86.0 Å². The highest BCUT2D eigenvalue weighted by atomic mass is 32.1. The number of aryl methyl sites for hydroxylation is 1. The quantitative estimate of drug-likeness (QED) is 0.680. The Balaban J connectivity index is 2.85. The smallest absolute Gasteiger partial charge is 0.279 e. The molecule has 0 aromatic carbocycles. The van der Waals surface area contributed by atoms with E-state index >= 15 is 0 Å². The van der Waals surface area contributed by atoms with Gasteiger partial charge in [0.1, 0.15) is 0 Å². The van der Waals surface area contributed by atoms with Gasteiger partial charge in [0.15, 0.2) is 0 Å². The largest absolute Gasteiger partial charge is 0.300 e. The molecule has 78 valence electrons. The summed E-state index contributed by atoms with van der Waals surface area (Å²) in [5, 5.41) is 3.88. The van der Waals surface area contributed by atoms with E-state index in [0.29, 0.717) is 4.88 Å². The second-order valence-corrected chi connectivity index (χ2v) is 5.34. The predicted octanol–water partition coefficient (Wildman–Crippen LogP) is 1.07. The lowest BCUT2D eigenvalue weighted by molar-refractivity contribution is 0.0983. The summed E-state index contributed by atoms with van der Waals surface area (Å²) in [4.78, 5) is 12.0. The van der Waals surface area contributed by atoms with Gasteiger partial charge in [0.25, 0.3) is 5.91 Å². The lowest BCUT2D eigenvalue weighted by Crippen LogP contribution is -2.28. The Kier molecular flexibility index (Phi) is 3.44. The van der Waals surface area contributed by atoms with E-state index in [1.807, 2.05) is 13.0 Å². The van der Waals surface area contributed by atoms with Gasteiger partial charge < -0.3 is 0 Å². The first-order chi connectivity index (χ1) is 6.44. The van der Waals surface area contributed by atoms with Crippen LogP contribution in [0.1, 0.15) is 22.2 Å². The second kappa shape index (κ2) is 4.23. The van der Waals surface area contributed by atoms with E-state index in [1.54, 1.807) is 5.38 Å². The summed E-state index contributed by atoms with van der Waals surface area (Å²) < 4.78 is 10.9. The Bertz CT molecular complexity index is 384. The highest BCUT2D eigenvalue weighted by Crippen LogP contribution is 2.23. The first-order valence-corrected chi connectivity index (χ1v) is 6.72. The molecule has 5 nitrogen and oxygen atoms in total. The van der Waals surface area contributed by atoms with Crippen LogP contribution in [0.15, 0.2) is 11.4 Å². The molecule has 1 amide bonds. The number of thiophene rings is 1. The summed E-state index contributed by atoms with van der Waals surface area (Å²) in [6, 6.07) is 1.84. The van der Waals surface area contributed by atoms with Crippen molar-refractivity contribution < 1.29 is 9.36 Å². The fourth-order valence-corrected chi connectivity index (χ4v) is 2.42. The van der Waals surface area contributed by atoms with Crippen molar-refractivity contribution in [3.63, 3.8) is 0 Å². The first-order valence-electron chi connectivity index (χ1n) is 4.00.